The van der Waals surface area contributed by atoms with E-state index in [2.05, 4.69) is 0 Å². The van der Waals surface area contributed by atoms with Crippen LogP contribution in [0.25, 0.3) is 0 Å². The molecule has 0 aliphatic carbocycles. The number of carbonyl (C=O) groups is 1. The van der Waals surface area contributed by atoms with Crippen LogP contribution in [0.4, 0.5) is 4.39 Å². The number of hydrogen-bond acceptors (Lipinski definition) is 3. The maximum Gasteiger partial charge on any atom is 0.338 e. The van der Waals surface area contributed by atoms with Crippen molar-refractivity contribution in [3.8, 4) is 5.75 Å². The minimum absolute atomic E-state index is 0.0354. The fourth-order valence-electron chi connectivity index (χ4n) is 1.07. The molecule has 0 heterocycles. The summed E-state index contributed by atoms with van der Waals surface area (Å²) in [5, 5.41) is 0. The molecule has 1 aromatic carbocycles. The van der Waals surface area contributed by atoms with Crippen LogP contribution in [-0.4, -0.2) is 19.2 Å². The Balaban J connectivity index is 2.91. The Kier molecular flexibility index (Phi) is 3.66. The molecule has 0 aliphatic heterocycles. The second-order valence-corrected chi connectivity index (χ2v) is 3.30. The first-order valence-corrected chi connectivity index (χ1v) is 4.59. The zero-order valence-corrected chi connectivity index (χ0v) is 8.91. The first-order chi connectivity index (χ1) is 7.04. The monoisotopic (exact) mass is 212 g/mol. The Morgan fingerprint density at radius 3 is 2.60 bits per heavy atom. The number of halogens is 1. The molecule has 0 bridgehead atoms. The third-order valence-electron chi connectivity index (χ3n) is 1.73. The van der Waals surface area contributed by atoms with Crippen molar-refractivity contribution >= 4 is 5.97 Å². The van der Waals surface area contributed by atoms with Crippen LogP contribution in [0.1, 0.15) is 24.2 Å². The third kappa shape index (κ3) is 2.94. The van der Waals surface area contributed by atoms with Gasteiger partial charge in [0.2, 0.25) is 0 Å². The highest BCUT2D eigenvalue weighted by Crippen LogP contribution is 2.18. The van der Waals surface area contributed by atoms with E-state index in [0.29, 0.717) is 0 Å². The number of rotatable bonds is 3. The van der Waals surface area contributed by atoms with Crippen molar-refractivity contribution in [2.45, 2.75) is 20.0 Å². The average Bonchev–Trinajstić information content (AvgIpc) is 2.17. The van der Waals surface area contributed by atoms with E-state index in [1.165, 1.54) is 25.3 Å². The zero-order valence-electron chi connectivity index (χ0n) is 8.91. The molecule has 0 fully saturated rings. The highest BCUT2D eigenvalue weighted by atomic mass is 19.1. The fourth-order valence-corrected chi connectivity index (χ4v) is 1.07. The molecule has 3 nitrogen and oxygen atoms in total. The quantitative estimate of drug-likeness (QED) is 0.722. The molecule has 0 amide bonds. The van der Waals surface area contributed by atoms with E-state index in [9.17, 15) is 9.18 Å². The molecule has 0 N–H and O–H groups in total. The Morgan fingerprint density at radius 1 is 1.40 bits per heavy atom. The van der Waals surface area contributed by atoms with E-state index in [1.54, 1.807) is 13.8 Å². The molecule has 15 heavy (non-hydrogen) atoms. The lowest BCUT2D eigenvalue weighted by Gasteiger charge is -2.08. The van der Waals surface area contributed by atoms with E-state index in [0.717, 1.165) is 0 Å². The molecule has 0 radical (unpaired) electrons. The average molecular weight is 212 g/mol. The van der Waals surface area contributed by atoms with Crippen LogP contribution in [-0.2, 0) is 4.74 Å². The Hall–Kier alpha value is -1.58. The van der Waals surface area contributed by atoms with Gasteiger partial charge in [0.15, 0.2) is 11.6 Å². The van der Waals surface area contributed by atoms with Crippen molar-refractivity contribution < 1.29 is 18.7 Å². The molecule has 4 heteroatoms. The lowest BCUT2D eigenvalue weighted by molar-refractivity contribution is 0.0377. The minimum Gasteiger partial charge on any atom is -0.494 e. The van der Waals surface area contributed by atoms with E-state index >= 15 is 0 Å². The van der Waals surface area contributed by atoms with Crippen molar-refractivity contribution in [2.24, 2.45) is 0 Å². The molecule has 82 valence electrons. The Labute approximate surface area is 87.8 Å². The van der Waals surface area contributed by atoms with Gasteiger partial charge in [0.05, 0.1) is 18.8 Å². The number of benzene rings is 1. The summed E-state index contributed by atoms with van der Waals surface area (Å²) >= 11 is 0. The predicted molar refractivity (Wildman–Crippen MR) is 53.5 cm³/mol. The standard InChI is InChI=1S/C11H13FO3/c1-7(2)15-11(13)8-4-5-9(12)10(6-8)14-3/h4-7H,1-3H3. The first kappa shape index (κ1) is 11.5. The van der Waals surface area contributed by atoms with E-state index in [-0.39, 0.29) is 17.4 Å². The van der Waals surface area contributed by atoms with Crippen LogP contribution in [0, 0.1) is 5.82 Å². The number of esters is 1. The van der Waals surface area contributed by atoms with Gasteiger partial charge in [0, 0.05) is 0 Å². The van der Waals surface area contributed by atoms with Crippen molar-refractivity contribution in [2.75, 3.05) is 7.11 Å². The molecule has 0 spiro atoms. The predicted octanol–water partition coefficient (Wildman–Crippen LogP) is 2.40. The lowest BCUT2D eigenvalue weighted by Crippen LogP contribution is -2.11. The van der Waals surface area contributed by atoms with Crippen LogP contribution in [0.15, 0.2) is 18.2 Å². The van der Waals surface area contributed by atoms with Gasteiger partial charge in [0.1, 0.15) is 0 Å². The molecule has 0 aliphatic rings. The van der Waals surface area contributed by atoms with Crippen LogP contribution >= 0.6 is 0 Å². The molecule has 1 rings (SSSR count). The van der Waals surface area contributed by atoms with Crippen LogP contribution in [0.2, 0.25) is 0 Å². The van der Waals surface area contributed by atoms with Gasteiger partial charge in [-0.25, -0.2) is 9.18 Å². The molecule has 0 saturated heterocycles. The summed E-state index contributed by atoms with van der Waals surface area (Å²) in [6.45, 7) is 3.50. The Bertz CT molecular complexity index is 361. The Morgan fingerprint density at radius 2 is 2.07 bits per heavy atom. The molecule has 0 atom stereocenters. The van der Waals surface area contributed by atoms with Crippen LogP contribution < -0.4 is 4.74 Å². The summed E-state index contributed by atoms with van der Waals surface area (Å²) in [6.07, 6.45) is -0.200. The van der Waals surface area contributed by atoms with Gasteiger partial charge in [-0.05, 0) is 32.0 Å². The van der Waals surface area contributed by atoms with E-state index < -0.39 is 11.8 Å². The van der Waals surface area contributed by atoms with Crippen molar-refractivity contribution in [1.82, 2.24) is 0 Å². The van der Waals surface area contributed by atoms with Crippen LogP contribution in [0.3, 0.4) is 0 Å². The second kappa shape index (κ2) is 4.77. The van der Waals surface area contributed by atoms with Gasteiger partial charge in [-0.2, -0.15) is 0 Å². The molecular formula is C11H13FO3. The van der Waals surface area contributed by atoms with Crippen molar-refractivity contribution in [3.63, 3.8) is 0 Å². The number of ether oxygens (including phenoxy) is 2. The molecule has 0 aromatic heterocycles. The van der Waals surface area contributed by atoms with Gasteiger partial charge in [-0.15, -0.1) is 0 Å². The molecular weight excluding hydrogens is 199 g/mol. The van der Waals surface area contributed by atoms with Crippen LogP contribution in [0.5, 0.6) is 5.75 Å². The van der Waals surface area contributed by atoms with E-state index in [4.69, 9.17) is 9.47 Å². The topological polar surface area (TPSA) is 35.5 Å². The largest absolute Gasteiger partial charge is 0.494 e. The highest BCUT2D eigenvalue weighted by molar-refractivity contribution is 5.89. The summed E-state index contributed by atoms with van der Waals surface area (Å²) in [5.74, 6) is -0.949. The van der Waals surface area contributed by atoms with Gasteiger partial charge in [-0.1, -0.05) is 0 Å². The SMILES string of the molecule is COc1cc(C(=O)OC(C)C)ccc1F. The number of carbonyl (C=O) groups excluding carboxylic acids is 1. The number of hydrogen-bond donors (Lipinski definition) is 0. The molecule has 1 aromatic rings. The van der Waals surface area contributed by atoms with Crippen molar-refractivity contribution in [1.29, 1.82) is 0 Å². The molecule has 0 unspecified atom stereocenters. The number of methoxy groups -OCH3 is 1. The molecule has 0 saturated carbocycles. The maximum absolute atomic E-state index is 13.0. The maximum atomic E-state index is 13.0. The zero-order chi connectivity index (χ0) is 11.4. The highest BCUT2D eigenvalue weighted by Gasteiger charge is 2.12. The fraction of sp³-hybridized carbons (Fsp3) is 0.364. The summed E-state index contributed by atoms with van der Waals surface area (Å²) < 4.78 is 22.7. The normalized spacial score (nSPS) is 10.2. The minimum atomic E-state index is -0.501. The van der Waals surface area contributed by atoms with Gasteiger partial charge < -0.3 is 9.47 Å². The first-order valence-electron chi connectivity index (χ1n) is 4.59. The lowest BCUT2D eigenvalue weighted by atomic mass is 10.2. The summed E-state index contributed by atoms with van der Waals surface area (Å²) in [4.78, 5) is 11.4. The smallest absolute Gasteiger partial charge is 0.338 e. The van der Waals surface area contributed by atoms with Gasteiger partial charge >= 0.3 is 5.97 Å². The van der Waals surface area contributed by atoms with Gasteiger partial charge in [0.25, 0.3) is 0 Å². The van der Waals surface area contributed by atoms with Crippen molar-refractivity contribution in [3.05, 3.63) is 29.6 Å². The summed E-state index contributed by atoms with van der Waals surface area (Å²) in [7, 11) is 1.34. The van der Waals surface area contributed by atoms with E-state index in [1.807, 2.05) is 0 Å². The second-order valence-electron chi connectivity index (χ2n) is 3.30. The summed E-state index contributed by atoms with van der Waals surface area (Å²) in [6, 6.07) is 3.86. The third-order valence-corrected chi connectivity index (χ3v) is 1.73. The summed E-state index contributed by atoms with van der Waals surface area (Å²) in [5.41, 5.74) is 0.280. The van der Waals surface area contributed by atoms with Gasteiger partial charge in [-0.3, -0.25) is 0 Å².